The van der Waals surface area contributed by atoms with Gasteiger partial charge in [-0.05, 0) is 61.9 Å². The van der Waals surface area contributed by atoms with E-state index in [4.69, 9.17) is 22.7 Å². The van der Waals surface area contributed by atoms with Gasteiger partial charge >= 0.3 is 0 Å². The maximum Gasteiger partial charge on any atom is 0.249 e. The molecule has 0 bridgehead atoms. The van der Waals surface area contributed by atoms with Crippen molar-refractivity contribution in [3.05, 3.63) is 46.1 Å². The number of nitrogens with zero attached hydrogens (tertiary/aromatic N) is 2. The summed E-state index contributed by atoms with van der Waals surface area (Å²) < 4.78 is 5.89. The van der Waals surface area contributed by atoms with Crippen LogP contribution in [0.15, 0.2) is 18.2 Å². The number of rotatable bonds is 3. The van der Waals surface area contributed by atoms with Crippen LogP contribution in [0.25, 0.3) is 0 Å². The molecule has 0 aliphatic heterocycles. The monoisotopic (exact) mass is 299 g/mol. The summed E-state index contributed by atoms with van der Waals surface area (Å²) in [6.07, 6.45) is 3.46. The van der Waals surface area contributed by atoms with E-state index in [-0.39, 0.29) is 4.99 Å². The van der Waals surface area contributed by atoms with Crippen LogP contribution < -0.4 is 10.5 Å². The van der Waals surface area contributed by atoms with Gasteiger partial charge in [0.05, 0.1) is 11.3 Å². The van der Waals surface area contributed by atoms with Gasteiger partial charge in [-0.1, -0.05) is 18.3 Å². The second kappa shape index (κ2) is 5.41. The molecular weight excluding hydrogens is 282 g/mol. The highest BCUT2D eigenvalue weighted by Crippen LogP contribution is 2.30. The van der Waals surface area contributed by atoms with Crippen molar-refractivity contribution in [2.24, 2.45) is 5.73 Å². The third-order valence-electron chi connectivity index (χ3n) is 3.95. The normalized spacial score (nSPS) is 13.0. The van der Waals surface area contributed by atoms with E-state index in [2.05, 4.69) is 22.3 Å². The van der Waals surface area contributed by atoms with Gasteiger partial charge in [0.25, 0.3) is 0 Å². The first-order valence-electron chi connectivity index (χ1n) is 6.99. The molecule has 0 amide bonds. The molecule has 4 nitrogen and oxygen atoms in total. The van der Waals surface area contributed by atoms with Gasteiger partial charge in [-0.3, -0.25) is 0 Å². The molecule has 2 aromatic rings. The second-order valence-corrected chi connectivity index (χ2v) is 5.78. The van der Waals surface area contributed by atoms with Crippen LogP contribution in [-0.2, 0) is 12.8 Å². The number of nitrogens with two attached hydrogens (primary N) is 1. The fraction of sp³-hybridized carbons (Fsp3) is 0.312. The number of fused-ring (bicyclic) bond motifs is 1. The van der Waals surface area contributed by atoms with Gasteiger partial charge in [0, 0.05) is 0 Å². The van der Waals surface area contributed by atoms with Gasteiger partial charge in [-0.2, -0.15) is 5.10 Å². The molecule has 2 N–H and O–H groups in total. The molecule has 0 saturated carbocycles. The van der Waals surface area contributed by atoms with Crippen LogP contribution in [0.2, 0.25) is 0 Å². The van der Waals surface area contributed by atoms with Crippen LogP contribution in [0.3, 0.4) is 0 Å². The molecule has 0 saturated heterocycles. The Bertz CT molecular complexity index is 728. The summed E-state index contributed by atoms with van der Waals surface area (Å²) in [4.78, 5) is 0.279. The largest absolute Gasteiger partial charge is 0.437 e. The van der Waals surface area contributed by atoms with Gasteiger partial charge < -0.3 is 10.5 Å². The molecule has 1 aliphatic rings. The van der Waals surface area contributed by atoms with Crippen LogP contribution >= 0.6 is 12.2 Å². The summed E-state index contributed by atoms with van der Waals surface area (Å²) >= 11 is 5.12. The van der Waals surface area contributed by atoms with Gasteiger partial charge in [0.2, 0.25) is 5.88 Å². The summed E-state index contributed by atoms with van der Waals surface area (Å²) in [5.41, 5.74) is 10.9. The zero-order valence-electron chi connectivity index (χ0n) is 12.1. The molecule has 108 valence electrons. The lowest BCUT2D eigenvalue weighted by Gasteiger charge is -2.12. The van der Waals surface area contributed by atoms with Crippen LogP contribution in [0.1, 0.15) is 34.4 Å². The number of aromatic nitrogens is 2. The lowest BCUT2D eigenvalue weighted by atomic mass is 10.1. The SMILES string of the molecule is Cc1nnc(Oc2ccc3c(c2)CCC3)c(C(N)=S)c1C. The fourth-order valence-electron chi connectivity index (χ4n) is 2.67. The van der Waals surface area contributed by atoms with E-state index in [0.29, 0.717) is 11.4 Å². The van der Waals surface area contributed by atoms with Crippen molar-refractivity contribution in [2.75, 3.05) is 0 Å². The number of hydrogen-bond acceptors (Lipinski definition) is 4. The minimum Gasteiger partial charge on any atom is -0.437 e. The Balaban J connectivity index is 1.98. The zero-order valence-corrected chi connectivity index (χ0v) is 13.0. The first-order chi connectivity index (χ1) is 10.1. The number of ether oxygens (including phenoxy) is 1. The molecule has 1 aromatic heterocycles. The quantitative estimate of drug-likeness (QED) is 0.883. The summed E-state index contributed by atoms with van der Waals surface area (Å²) in [6, 6.07) is 6.15. The van der Waals surface area contributed by atoms with Crippen molar-refractivity contribution in [3.8, 4) is 11.6 Å². The van der Waals surface area contributed by atoms with E-state index in [0.717, 1.165) is 29.8 Å². The average Bonchev–Trinajstić information content (AvgIpc) is 2.90. The van der Waals surface area contributed by atoms with Crippen LogP contribution in [0.5, 0.6) is 11.6 Å². The lowest BCUT2D eigenvalue weighted by molar-refractivity contribution is 0.452. The molecular formula is C16H17N3OS. The maximum atomic E-state index is 5.89. The molecule has 0 unspecified atom stereocenters. The topological polar surface area (TPSA) is 61.0 Å². The first-order valence-corrected chi connectivity index (χ1v) is 7.40. The van der Waals surface area contributed by atoms with Gasteiger partial charge in [-0.25, -0.2) is 0 Å². The molecule has 0 radical (unpaired) electrons. The van der Waals surface area contributed by atoms with Gasteiger partial charge in [0.15, 0.2) is 0 Å². The standard InChI is InChI=1S/C16H17N3OS/c1-9-10(2)18-19-16(14(9)15(17)21)20-13-7-6-11-4-3-5-12(11)8-13/h6-8H,3-5H2,1-2H3,(H2,17,21). The third-order valence-corrected chi connectivity index (χ3v) is 4.16. The molecule has 0 fully saturated rings. The van der Waals surface area contributed by atoms with E-state index in [1.807, 2.05) is 19.9 Å². The summed E-state index contributed by atoms with van der Waals surface area (Å²) in [7, 11) is 0. The highest BCUT2D eigenvalue weighted by molar-refractivity contribution is 7.80. The number of aryl methyl sites for hydroxylation is 3. The minimum absolute atomic E-state index is 0.279. The molecule has 1 aromatic carbocycles. The first kappa shape index (κ1) is 13.9. The van der Waals surface area contributed by atoms with E-state index in [1.54, 1.807) is 0 Å². The van der Waals surface area contributed by atoms with Crippen LogP contribution in [0, 0.1) is 13.8 Å². The summed E-state index contributed by atoms with van der Waals surface area (Å²) in [5, 5.41) is 8.21. The fourth-order valence-corrected chi connectivity index (χ4v) is 2.91. The zero-order chi connectivity index (χ0) is 15.0. The van der Waals surface area contributed by atoms with E-state index >= 15 is 0 Å². The predicted molar refractivity (Wildman–Crippen MR) is 85.9 cm³/mol. The third kappa shape index (κ3) is 2.61. The Morgan fingerprint density at radius 1 is 1.19 bits per heavy atom. The summed E-state index contributed by atoms with van der Waals surface area (Å²) in [5.74, 6) is 1.13. The van der Waals surface area contributed by atoms with Crippen molar-refractivity contribution < 1.29 is 4.74 Å². The smallest absolute Gasteiger partial charge is 0.249 e. The molecule has 1 aliphatic carbocycles. The average molecular weight is 299 g/mol. The second-order valence-electron chi connectivity index (χ2n) is 5.34. The molecule has 1 heterocycles. The molecule has 21 heavy (non-hydrogen) atoms. The predicted octanol–water partition coefficient (Wildman–Crippen LogP) is 3.01. The van der Waals surface area contributed by atoms with Gasteiger partial charge in [-0.15, -0.1) is 5.10 Å². The van der Waals surface area contributed by atoms with Crippen molar-refractivity contribution in [3.63, 3.8) is 0 Å². The van der Waals surface area contributed by atoms with Crippen molar-refractivity contribution in [2.45, 2.75) is 33.1 Å². The van der Waals surface area contributed by atoms with Crippen molar-refractivity contribution in [1.82, 2.24) is 10.2 Å². The number of benzene rings is 1. The molecule has 3 rings (SSSR count). The number of thiocarbonyl (C=S) groups is 1. The Morgan fingerprint density at radius 3 is 2.71 bits per heavy atom. The van der Waals surface area contributed by atoms with Crippen molar-refractivity contribution >= 4 is 17.2 Å². The van der Waals surface area contributed by atoms with Gasteiger partial charge in [0.1, 0.15) is 10.7 Å². The van der Waals surface area contributed by atoms with Crippen LogP contribution in [0.4, 0.5) is 0 Å². The maximum absolute atomic E-state index is 5.89. The highest BCUT2D eigenvalue weighted by atomic mass is 32.1. The lowest BCUT2D eigenvalue weighted by Crippen LogP contribution is -2.15. The Labute approximate surface area is 129 Å². The van der Waals surface area contributed by atoms with Crippen molar-refractivity contribution in [1.29, 1.82) is 0 Å². The van der Waals surface area contributed by atoms with Crippen LogP contribution in [-0.4, -0.2) is 15.2 Å². The molecule has 0 atom stereocenters. The van der Waals surface area contributed by atoms with E-state index < -0.39 is 0 Å². The summed E-state index contributed by atoms with van der Waals surface area (Å²) in [6.45, 7) is 3.80. The Hall–Kier alpha value is -2.01. The highest BCUT2D eigenvalue weighted by Gasteiger charge is 2.17. The van der Waals surface area contributed by atoms with E-state index in [9.17, 15) is 0 Å². The van der Waals surface area contributed by atoms with E-state index in [1.165, 1.54) is 17.5 Å². The Kier molecular flexibility index (Phi) is 3.59. The Morgan fingerprint density at radius 2 is 1.95 bits per heavy atom. The number of hydrogen-bond donors (Lipinski definition) is 1. The molecule has 0 spiro atoms. The minimum atomic E-state index is 0.279. The molecule has 5 heteroatoms.